The molecule has 1 aromatic carbocycles. The highest BCUT2D eigenvalue weighted by molar-refractivity contribution is 5.78. The maximum absolute atomic E-state index is 13.6. The Balaban J connectivity index is 2.73. The molecule has 0 N–H and O–H groups in total. The minimum atomic E-state index is -0.449. The van der Waals surface area contributed by atoms with E-state index in [1.54, 1.807) is 24.1 Å². The first-order chi connectivity index (χ1) is 9.97. The van der Waals surface area contributed by atoms with E-state index in [1.807, 2.05) is 0 Å². The predicted molar refractivity (Wildman–Crippen MR) is 80.0 cm³/mol. The molecule has 0 saturated carbocycles. The number of nitrogens with zero attached hydrogens (tertiary/aromatic N) is 1. The van der Waals surface area contributed by atoms with Gasteiger partial charge in [-0.25, -0.2) is 4.39 Å². The second kappa shape index (κ2) is 8.62. The Kier molecular flexibility index (Phi) is 7.15. The van der Waals surface area contributed by atoms with Gasteiger partial charge in [-0.05, 0) is 23.6 Å². The van der Waals surface area contributed by atoms with Crippen LogP contribution in [0.3, 0.4) is 0 Å². The van der Waals surface area contributed by atoms with Crippen LogP contribution in [0.1, 0.15) is 19.4 Å². The van der Waals surface area contributed by atoms with Gasteiger partial charge >= 0.3 is 0 Å². The number of halogens is 1. The van der Waals surface area contributed by atoms with E-state index < -0.39 is 5.82 Å². The fraction of sp³-hybridized carbons (Fsp3) is 0.562. The van der Waals surface area contributed by atoms with Crippen LogP contribution in [0.4, 0.5) is 4.39 Å². The topological polar surface area (TPSA) is 38.8 Å². The summed E-state index contributed by atoms with van der Waals surface area (Å²) < 4.78 is 23.5. The molecule has 0 radical (unpaired) electrons. The molecule has 0 saturated heterocycles. The molecule has 0 spiro atoms. The number of carbonyl (C=O) groups excluding carboxylic acids is 1. The van der Waals surface area contributed by atoms with Crippen molar-refractivity contribution in [1.29, 1.82) is 0 Å². The van der Waals surface area contributed by atoms with E-state index in [9.17, 15) is 9.18 Å². The quantitative estimate of drug-likeness (QED) is 0.740. The SMILES string of the molecule is COCCN(CC(C)C)C(=O)Cc1ccc(OC)c(F)c1. The van der Waals surface area contributed by atoms with Crippen LogP contribution >= 0.6 is 0 Å². The monoisotopic (exact) mass is 297 g/mol. The van der Waals surface area contributed by atoms with E-state index in [2.05, 4.69) is 13.8 Å². The predicted octanol–water partition coefficient (Wildman–Crippen LogP) is 2.51. The second-order valence-electron chi connectivity index (χ2n) is 5.37. The first-order valence-electron chi connectivity index (χ1n) is 7.07. The van der Waals surface area contributed by atoms with Crippen LogP contribution in [0.2, 0.25) is 0 Å². The minimum Gasteiger partial charge on any atom is -0.494 e. The average Bonchev–Trinajstić information content (AvgIpc) is 2.43. The summed E-state index contributed by atoms with van der Waals surface area (Å²) in [5.41, 5.74) is 0.643. The Morgan fingerprint density at radius 2 is 2.05 bits per heavy atom. The number of ether oxygens (including phenoxy) is 2. The van der Waals surface area contributed by atoms with E-state index >= 15 is 0 Å². The largest absolute Gasteiger partial charge is 0.494 e. The molecule has 0 aliphatic heterocycles. The fourth-order valence-corrected chi connectivity index (χ4v) is 2.07. The minimum absolute atomic E-state index is 0.0229. The molecule has 1 amide bonds. The van der Waals surface area contributed by atoms with Crippen LogP contribution in [0.15, 0.2) is 18.2 Å². The molecule has 118 valence electrons. The smallest absolute Gasteiger partial charge is 0.227 e. The highest BCUT2D eigenvalue weighted by atomic mass is 19.1. The number of rotatable bonds is 8. The molecule has 0 fully saturated rings. The summed E-state index contributed by atoms with van der Waals surface area (Å²) in [6.07, 6.45) is 0.178. The molecule has 4 nitrogen and oxygen atoms in total. The summed E-state index contributed by atoms with van der Waals surface area (Å²) in [4.78, 5) is 14.1. The van der Waals surface area contributed by atoms with Gasteiger partial charge in [0.15, 0.2) is 11.6 Å². The molecule has 0 unspecified atom stereocenters. The third-order valence-corrected chi connectivity index (χ3v) is 3.08. The molecule has 0 aromatic heterocycles. The van der Waals surface area contributed by atoms with Crippen LogP contribution in [0, 0.1) is 11.7 Å². The van der Waals surface area contributed by atoms with Crippen molar-refractivity contribution in [2.24, 2.45) is 5.92 Å². The normalized spacial score (nSPS) is 10.8. The number of hydrogen-bond donors (Lipinski definition) is 0. The molecule has 21 heavy (non-hydrogen) atoms. The van der Waals surface area contributed by atoms with Gasteiger partial charge < -0.3 is 14.4 Å². The zero-order valence-electron chi connectivity index (χ0n) is 13.2. The van der Waals surface area contributed by atoms with Crippen molar-refractivity contribution in [2.75, 3.05) is 33.9 Å². The summed E-state index contributed by atoms with van der Waals surface area (Å²) in [6, 6.07) is 4.60. The maximum atomic E-state index is 13.6. The van der Waals surface area contributed by atoms with E-state index in [-0.39, 0.29) is 18.1 Å². The van der Waals surface area contributed by atoms with Gasteiger partial charge in [0.25, 0.3) is 0 Å². The van der Waals surface area contributed by atoms with Crippen LogP contribution in [0.25, 0.3) is 0 Å². The molecule has 0 atom stereocenters. The van der Waals surface area contributed by atoms with Gasteiger partial charge in [0.05, 0.1) is 20.1 Å². The zero-order valence-corrected chi connectivity index (χ0v) is 13.2. The Bertz CT molecular complexity index is 463. The molecule has 0 aliphatic carbocycles. The zero-order chi connectivity index (χ0) is 15.8. The molecule has 0 aliphatic rings. The van der Waals surface area contributed by atoms with E-state index in [1.165, 1.54) is 13.2 Å². The van der Waals surface area contributed by atoms with Gasteiger partial charge in [-0.15, -0.1) is 0 Å². The summed E-state index contributed by atoms with van der Waals surface area (Å²) >= 11 is 0. The summed E-state index contributed by atoms with van der Waals surface area (Å²) in [5.74, 6) is 0.0865. The van der Waals surface area contributed by atoms with Crippen molar-refractivity contribution in [1.82, 2.24) is 4.90 Å². The van der Waals surface area contributed by atoms with Crippen molar-refractivity contribution >= 4 is 5.91 Å². The van der Waals surface area contributed by atoms with Crippen LogP contribution in [0.5, 0.6) is 5.75 Å². The van der Waals surface area contributed by atoms with Gasteiger partial charge in [-0.2, -0.15) is 0 Å². The van der Waals surface area contributed by atoms with Crippen LogP contribution in [-0.2, 0) is 16.0 Å². The molecule has 1 rings (SSSR count). The van der Waals surface area contributed by atoms with Crippen molar-refractivity contribution in [3.05, 3.63) is 29.6 Å². The first kappa shape index (κ1) is 17.4. The molecule has 0 heterocycles. The van der Waals surface area contributed by atoms with E-state index in [4.69, 9.17) is 9.47 Å². The highest BCUT2D eigenvalue weighted by Gasteiger charge is 2.16. The molecular weight excluding hydrogens is 273 g/mol. The lowest BCUT2D eigenvalue weighted by atomic mass is 10.1. The molecule has 5 heteroatoms. The second-order valence-corrected chi connectivity index (χ2v) is 5.37. The lowest BCUT2D eigenvalue weighted by molar-refractivity contribution is -0.131. The standard InChI is InChI=1S/C16H24FNO3/c1-12(2)11-18(7-8-20-3)16(19)10-13-5-6-15(21-4)14(17)9-13/h5-6,9,12H,7-8,10-11H2,1-4H3. The summed E-state index contributed by atoms with van der Waals surface area (Å²) in [7, 11) is 3.02. The average molecular weight is 297 g/mol. The highest BCUT2D eigenvalue weighted by Crippen LogP contribution is 2.18. The third-order valence-electron chi connectivity index (χ3n) is 3.08. The van der Waals surface area contributed by atoms with Gasteiger partial charge in [-0.3, -0.25) is 4.79 Å². The van der Waals surface area contributed by atoms with Gasteiger partial charge in [0, 0.05) is 20.2 Å². The fourth-order valence-electron chi connectivity index (χ4n) is 2.07. The third kappa shape index (κ3) is 5.71. The molecule has 1 aromatic rings. The summed E-state index contributed by atoms with van der Waals surface area (Å²) in [6.45, 7) is 5.82. The summed E-state index contributed by atoms with van der Waals surface area (Å²) in [5, 5.41) is 0. The lowest BCUT2D eigenvalue weighted by Crippen LogP contribution is -2.37. The Labute approximate surface area is 125 Å². The van der Waals surface area contributed by atoms with E-state index in [0.717, 1.165) is 0 Å². The Morgan fingerprint density at radius 1 is 1.33 bits per heavy atom. The lowest BCUT2D eigenvalue weighted by Gasteiger charge is -2.24. The number of amides is 1. The van der Waals surface area contributed by atoms with Gasteiger partial charge in [0.2, 0.25) is 5.91 Å². The number of methoxy groups -OCH3 is 2. The Hall–Kier alpha value is -1.62. The Morgan fingerprint density at radius 3 is 2.57 bits per heavy atom. The van der Waals surface area contributed by atoms with Crippen molar-refractivity contribution < 1.29 is 18.7 Å². The number of hydrogen-bond acceptors (Lipinski definition) is 3. The van der Waals surface area contributed by atoms with Crippen LogP contribution < -0.4 is 4.74 Å². The first-order valence-corrected chi connectivity index (χ1v) is 7.07. The number of carbonyl (C=O) groups is 1. The van der Waals surface area contributed by atoms with Crippen LogP contribution in [-0.4, -0.2) is 44.7 Å². The number of benzene rings is 1. The van der Waals surface area contributed by atoms with Gasteiger partial charge in [-0.1, -0.05) is 19.9 Å². The maximum Gasteiger partial charge on any atom is 0.227 e. The van der Waals surface area contributed by atoms with Crippen molar-refractivity contribution in [2.45, 2.75) is 20.3 Å². The van der Waals surface area contributed by atoms with Gasteiger partial charge in [0.1, 0.15) is 0 Å². The molecule has 0 bridgehead atoms. The van der Waals surface area contributed by atoms with E-state index in [0.29, 0.717) is 31.2 Å². The van der Waals surface area contributed by atoms with Crippen molar-refractivity contribution in [3.8, 4) is 5.75 Å². The van der Waals surface area contributed by atoms with Crippen molar-refractivity contribution in [3.63, 3.8) is 0 Å². The molecular formula is C16H24FNO3.